The molecule has 17 heavy (non-hydrogen) atoms. The molecule has 6 heteroatoms. The number of rotatable bonds is 4. The van der Waals surface area contributed by atoms with Crippen LogP contribution in [0.1, 0.15) is 19.3 Å². The third-order valence-electron chi connectivity index (χ3n) is 2.95. The van der Waals surface area contributed by atoms with E-state index in [-0.39, 0.29) is 51.4 Å². The van der Waals surface area contributed by atoms with Crippen LogP contribution in [0.15, 0.2) is 24.3 Å². The minimum absolute atomic E-state index is 0. The number of benzene rings is 1. The van der Waals surface area contributed by atoms with Crippen LogP contribution in [0, 0.1) is 5.92 Å². The number of halogens is 3. The van der Waals surface area contributed by atoms with Crippen LogP contribution in [0.3, 0.4) is 0 Å². The zero-order valence-corrected chi connectivity index (χ0v) is 13.0. The molecule has 1 aromatic rings. The van der Waals surface area contributed by atoms with Crippen LogP contribution in [0.5, 0.6) is 5.75 Å². The molecule has 1 aromatic carbocycles. The molecule has 0 heterocycles. The summed E-state index contributed by atoms with van der Waals surface area (Å²) in [6.45, 7) is -4.39. The van der Waals surface area contributed by atoms with Crippen molar-refractivity contribution in [3.63, 3.8) is 0 Å². The second kappa shape index (κ2) is 6.61. The molecule has 0 aliphatic heterocycles. The fourth-order valence-corrected chi connectivity index (χ4v) is 1.68. The summed E-state index contributed by atoms with van der Waals surface area (Å²) in [4.78, 5) is 0. The fourth-order valence-electron chi connectivity index (χ4n) is 1.68. The molecule has 1 nitrogen and oxygen atoms in total. The molecule has 0 bridgehead atoms. The van der Waals surface area contributed by atoms with Crippen LogP contribution >= 0.6 is 0 Å². The van der Waals surface area contributed by atoms with E-state index in [0.717, 1.165) is 25.0 Å². The Morgan fingerprint density at radius 2 is 1.94 bits per heavy atom. The van der Waals surface area contributed by atoms with Gasteiger partial charge in [-0.15, -0.1) is 5.46 Å². The average Bonchev–Trinajstić information content (AvgIpc) is 2.14. The summed E-state index contributed by atoms with van der Waals surface area (Å²) in [6, 6.07) is 5.12. The van der Waals surface area contributed by atoms with Gasteiger partial charge >= 0.3 is 58.4 Å². The van der Waals surface area contributed by atoms with Crippen molar-refractivity contribution in [3.05, 3.63) is 24.3 Å². The number of ether oxygens (including phenoxy) is 1. The van der Waals surface area contributed by atoms with E-state index < -0.39 is 12.4 Å². The van der Waals surface area contributed by atoms with E-state index in [0.29, 0.717) is 18.3 Å². The summed E-state index contributed by atoms with van der Waals surface area (Å²) in [5.41, 5.74) is -0.592. The van der Waals surface area contributed by atoms with Crippen molar-refractivity contribution >= 4 is 12.4 Å². The SMILES string of the molecule is F[B-](F)(F)c1cccc(OCC2CCC2)c1.[K+]. The van der Waals surface area contributed by atoms with E-state index in [9.17, 15) is 12.9 Å². The Hall–Kier alpha value is 0.511. The van der Waals surface area contributed by atoms with Gasteiger partial charge < -0.3 is 17.7 Å². The summed E-state index contributed by atoms with van der Waals surface area (Å²) in [5, 5.41) is 0. The summed E-state index contributed by atoms with van der Waals surface area (Å²) < 4.78 is 42.7. The van der Waals surface area contributed by atoms with E-state index in [1.165, 1.54) is 12.5 Å². The molecule has 0 aromatic heterocycles. The quantitative estimate of drug-likeness (QED) is 0.694. The van der Waals surface area contributed by atoms with Gasteiger partial charge in [0.1, 0.15) is 5.75 Å². The van der Waals surface area contributed by atoms with Gasteiger partial charge in [-0.3, -0.25) is 0 Å². The minimum atomic E-state index is -4.93. The topological polar surface area (TPSA) is 9.23 Å². The van der Waals surface area contributed by atoms with Gasteiger partial charge in [0, 0.05) is 0 Å². The van der Waals surface area contributed by atoms with Gasteiger partial charge in [0.25, 0.3) is 0 Å². The van der Waals surface area contributed by atoms with Crippen molar-refractivity contribution in [1.82, 2.24) is 0 Å². The molecule has 0 atom stereocenters. The first-order valence-electron chi connectivity index (χ1n) is 5.48. The van der Waals surface area contributed by atoms with E-state index in [1.807, 2.05) is 0 Å². The predicted octanol–water partition coefficient (Wildman–Crippen LogP) is -0.0761. The molecule has 0 unspecified atom stereocenters. The second-order valence-corrected chi connectivity index (χ2v) is 4.26. The van der Waals surface area contributed by atoms with E-state index >= 15 is 0 Å². The van der Waals surface area contributed by atoms with Crippen LogP contribution in [-0.2, 0) is 0 Å². The van der Waals surface area contributed by atoms with Crippen LogP contribution < -0.4 is 61.6 Å². The molecule has 0 N–H and O–H groups in total. The standard InChI is InChI=1S/C11H13BF3O.K/c13-12(14,15)10-5-2-6-11(7-10)16-8-9-3-1-4-9;/h2,5-7,9H,1,3-4,8H2;/q-1;+1. The summed E-state index contributed by atoms with van der Waals surface area (Å²) in [6.07, 6.45) is 3.46. The van der Waals surface area contributed by atoms with Crippen molar-refractivity contribution in [2.45, 2.75) is 19.3 Å². The van der Waals surface area contributed by atoms with Gasteiger partial charge in [-0.1, -0.05) is 18.6 Å². The van der Waals surface area contributed by atoms with Crippen molar-refractivity contribution < 1.29 is 69.1 Å². The maximum atomic E-state index is 12.5. The second-order valence-electron chi connectivity index (χ2n) is 4.26. The number of hydrogen-bond donors (Lipinski definition) is 0. The molecule has 1 aliphatic rings. The minimum Gasteiger partial charge on any atom is -0.493 e. The number of hydrogen-bond acceptors (Lipinski definition) is 1. The van der Waals surface area contributed by atoms with Gasteiger partial charge in [-0.2, -0.15) is 0 Å². The molecular weight excluding hydrogens is 255 g/mol. The smallest absolute Gasteiger partial charge is 0.493 e. The van der Waals surface area contributed by atoms with Gasteiger partial charge in [-0.25, -0.2) is 0 Å². The summed E-state index contributed by atoms with van der Waals surface area (Å²) in [7, 11) is 0. The van der Waals surface area contributed by atoms with Crippen LogP contribution in [0.4, 0.5) is 12.9 Å². The van der Waals surface area contributed by atoms with Crippen molar-refractivity contribution in [2.75, 3.05) is 6.61 Å². The van der Waals surface area contributed by atoms with Crippen LogP contribution in [0.25, 0.3) is 0 Å². The largest absolute Gasteiger partial charge is 1.00 e. The maximum absolute atomic E-state index is 12.5. The van der Waals surface area contributed by atoms with Crippen molar-refractivity contribution in [2.24, 2.45) is 5.92 Å². The van der Waals surface area contributed by atoms with Crippen molar-refractivity contribution in [1.29, 1.82) is 0 Å². The molecule has 88 valence electrons. The van der Waals surface area contributed by atoms with E-state index in [1.54, 1.807) is 6.07 Å². The van der Waals surface area contributed by atoms with Gasteiger partial charge in [-0.05, 0) is 30.9 Å². The monoisotopic (exact) mass is 268 g/mol. The third kappa shape index (κ3) is 4.59. The Labute approximate surface area is 142 Å². The molecular formula is C11H13BF3KO. The Balaban J connectivity index is 0.00000144. The predicted molar refractivity (Wildman–Crippen MR) is 58.0 cm³/mol. The van der Waals surface area contributed by atoms with E-state index in [4.69, 9.17) is 4.74 Å². The Morgan fingerprint density at radius 3 is 2.47 bits per heavy atom. The zero-order chi connectivity index (χ0) is 11.6. The first-order valence-corrected chi connectivity index (χ1v) is 5.48. The molecule has 0 amide bonds. The van der Waals surface area contributed by atoms with Gasteiger partial charge in [0.15, 0.2) is 0 Å². The normalized spacial score (nSPS) is 15.9. The molecule has 1 aliphatic carbocycles. The Bertz CT molecular complexity index is 366. The molecule has 0 radical (unpaired) electrons. The summed E-state index contributed by atoms with van der Waals surface area (Å²) >= 11 is 0. The molecule has 1 saturated carbocycles. The molecule has 2 rings (SSSR count). The van der Waals surface area contributed by atoms with Crippen molar-refractivity contribution in [3.8, 4) is 5.75 Å². The van der Waals surface area contributed by atoms with Gasteiger partial charge in [0.05, 0.1) is 6.61 Å². The molecule has 0 saturated heterocycles. The molecule has 0 spiro atoms. The third-order valence-corrected chi connectivity index (χ3v) is 2.95. The fraction of sp³-hybridized carbons (Fsp3) is 0.455. The van der Waals surface area contributed by atoms with Gasteiger partial charge in [0.2, 0.25) is 0 Å². The van der Waals surface area contributed by atoms with E-state index in [2.05, 4.69) is 0 Å². The van der Waals surface area contributed by atoms with Crippen LogP contribution in [0.2, 0.25) is 0 Å². The van der Waals surface area contributed by atoms with Crippen LogP contribution in [-0.4, -0.2) is 13.6 Å². The summed E-state index contributed by atoms with van der Waals surface area (Å²) in [5.74, 6) is 0.851. The first-order chi connectivity index (χ1) is 7.55. The zero-order valence-electron chi connectivity index (χ0n) is 9.83. The molecule has 1 fully saturated rings. The Kier molecular flexibility index (Phi) is 6.06. The first kappa shape index (κ1) is 15.6. The average molecular weight is 268 g/mol. The maximum Gasteiger partial charge on any atom is 1.00 e. The Morgan fingerprint density at radius 1 is 1.24 bits per heavy atom.